The number of fused-ring (bicyclic) bond motifs is 1. The lowest BCUT2D eigenvalue weighted by atomic mass is 10.1. The highest BCUT2D eigenvalue weighted by atomic mass is 16.5. The smallest absolute Gasteiger partial charge is 0.265 e. The summed E-state index contributed by atoms with van der Waals surface area (Å²) in [6.07, 6.45) is 0.0167. The predicted molar refractivity (Wildman–Crippen MR) is 59.7 cm³/mol. The molecule has 0 saturated carbocycles. The molecule has 0 spiro atoms. The molecule has 0 fully saturated rings. The van der Waals surface area contributed by atoms with Crippen LogP contribution < -0.4 is 20.5 Å². The zero-order valence-electron chi connectivity index (χ0n) is 9.03. The summed E-state index contributed by atoms with van der Waals surface area (Å²) < 4.78 is 10.6. The number of ether oxygens (including phenoxy) is 2. The number of nitrogens with two attached hydrogens (primary N) is 1. The van der Waals surface area contributed by atoms with Crippen molar-refractivity contribution in [2.45, 2.75) is 12.5 Å². The number of hydrogen-bond donors (Lipinski definition) is 2. The van der Waals surface area contributed by atoms with E-state index in [1.54, 1.807) is 25.3 Å². The van der Waals surface area contributed by atoms with Gasteiger partial charge in [0.05, 0.1) is 12.8 Å². The first kappa shape index (κ1) is 10.8. The normalized spacial score (nSPS) is 18.4. The van der Waals surface area contributed by atoms with Gasteiger partial charge < -0.3 is 20.5 Å². The van der Waals surface area contributed by atoms with E-state index in [9.17, 15) is 4.79 Å². The molecule has 0 aliphatic carbocycles. The van der Waals surface area contributed by atoms with Gasteiger partial charge in [-0.25, -0.2) is 0 Å². The Balaban J connectivity index is 2.24. The fraction of sp³-hybridized carbons (Fsp3) is 0.364. The van der Waals surface area contributed by atoms with Gasteiger partial charge in [0.2, 0.25) is 0 Å². The van der Waals surface area contributed by atoms with Crippen LogP contribution in [0, 0.1) is 0 Å². The number of carbonyl (C=O) groups is 1. The van der Waals surface area contributed by atoms with Crippen molar-refractivity contribution in [1.29, 1.82) is 0 Å². The Kier molecular flexibility index (Phi) is 2.96. The lowest BCUT2D eigenvalue weighted by Gasteiger charge is -2.25. The Bertz CT molecular complexity index is 406. The molecule has 0 aromatic heterocycles. The van der Waals surface area contributed by atoms with E-state index < -0.39 is 6.10 Å². The van der Waals surface area contributed by atoms with Gasteiger partial charge in [0.25, 0.3) is 5.91 Å². The zero-order chi connectivity index (χ0) is 11.5. The third-order valence-corrected chi connectivity index (χ3v) is 2.44. The maximum atomic E-state index is 11.6. The van der Waals surface area contributed by atoms with Gasteiger partial charge in [-0.05, 0) is 18.7 Å². The monoisotopic (exact) mass is 222 g/mol. The van der Waals surface area contributed by atoms with Crippen LogP contribution in [-0.2, 0) is 4.79 Å². The van der Waals surface area contributed by atoms with Crippen LogP contribution in [0.25, 0.3) is 0 Å². The maximum absolute atomic E-state index is 11.6. The highest BCUT2D eigenvalue weighted by Crippen LogP contribution is 2.33. The van der Waals surface area contributed by atoms with Crippen LogP contribution >= 0.6 is 0 Å². The molecule has 1 aliphatic rings. The molecule has 86 valence electrons. The Hall–Kier alpha value is -1.75. The van der Waals surface area contributed by atoms with Gasteiger partial charge in [-0.3, -0.25) is 4.79 Å². The van der Waals surface area contributed by atoms with Crippen LogP contribution in [0.3, 0.4) is 0 Å². The molecule has 1 aliphatic heterocycles. The van der Waals surface area contributed by atoms with Crippen molar-refractivity contribution < 1.29 is 14.3 Å². The molecule has 1 heterocycles. The topological polar surface area (TPSA) is 73.6 Å². The fourth-order valence-electron chi connectivity index (χ4n) is 1.60. The SMILES string of the molecule is COc1ccc2c(c1)NC(=O)C(CCN)O2. The van der Waals surface area contributed by atoms with E-state index >= 15 is 0 Å². The summed E-state index contributed by atoms with van der Waals surface area (Å²) in [5.41, 5.74) is 6.04. The lowest BCUT2D eigenvalue weighted by Crippen LogP contribution is -2.38. The average molecular weight is 222 g/mol. The minimum absolute atomic E-state index is 0.161. The van der Waals surface area contributed by atoms with E-state index in [1.807, 2.05) is 0 Å². The van der Waals surface area contributed by atoms with Gasteiger partial charge in [0, 0.05) is 12.5 Å². The Morgan fingerprint density at radius 1 is 1.56 bits per heavy atom. The Morgan fingerprint density at radius 2 is 2.38 bits per heavy atom. The van der Waals surface area contributed by atoms with E-state index in [0.717, 1.165) is 0 Å². The van der Waals surface area contributed by atoms with Crippen LogP contribution in [-0.4, -0.2) is 25.7 Å². The number of benzene rings is 1. The van der Waals surface area contributed by atoms with Gasteiger partial charge >= 0.3 is 0 Å². The number of anilines is 1. The highest BCUT2D eigenvalue weighted by molar-refractivity contribution is 5.97. The summed E-state index contributed by atoms with van der Waals surface area (Å²) in [4.78, 5) is 11.6. The molecule has 3 N–H and O–H groups in total. The number of rotatable bonds is 3. The van der Waals surface area contributed by atoms with Crippen LogP contribution in [0.5, 0.6) is 11.5 Å². The van der Waals surface area contributed by atoms with E-state index in [2.05, 4.69) is 5.32 Å². The first-order valence-electron chi connectivity index (χ1n) is 5.10. The molecule has 0 saturated heterocycles. The van der Waals surface area contributed by atoms with Gasteiger partial charge in [-0.15, -0.1) is 0 Å². The van der Waals surface area contributed by atoms with Crippen molar-refractivity contribution >= 4 is 11.6 Å². The summed E-state index contributed by atoms with van der Waals surface area (Å²) >= 11 is 0. The highest BCUT2D eigenvalue weighted by Gasteiger charge is 2.26. The first-order chi connectivity index (χ1) is 7.74. The molecule has 1 amide bonds. The van der Waals surface area contributed by atoms with E-state index in [-0.39, 0.29) is 5.91 Å². The minimum atomic E-state index is -0.495. The number of amides is 1. The third kappa shape index (κ3) is 1.94. The molecule has 1 atom stereocenters. The van der Waals surface area contributed by atoms with Crippen molar-refractivity contribution in [1.82, 2.24) is 0 Å². The molecule has 1 aromatic rings. The maximum Gasteiger partial charge on any atom is 0.265 e. The molecule has 5 heteroatoms. The molecule has 0 radical (unpaired) electrons. The number of carbonyl (C=O) groups excluding carboxylic acids is 1. The largest absolute Gasteiger partial charge is 0.497 e. The Labute approximate surface area is 93.5 Å². The van der Waals surface area contributed by atoms with E-state index in [4.69, 9.17) is 15.2 Å². The summed E-state index contributed by atoms with van der Waals surface area (Å²) in [5, 5.41) is 2.77. The lowest BCUT2D eigenvalue weighted by molar-refractivity contribution is -0.123. The molecular weight excluding hydrogens is 208 g/mol. The van der Waals surface area contributed by atoms with Crippen molar-refractivity contribution in [3.05, 3.63) is 18.2 Å². The second kappa shape index (κ2) is 4.40. The van der Waals surface area contributed by atoms with Crippen LogP contribution in [0.4, 0.5) is 5.69 Å². The van der Waals surface area contributed by atoms with Crippen molar-refractivity contribution in [3.63, 3.8) is 0 Å². The molecule has 2 rings (SSSR count). The predicted octanol–water partition coefficient (Wildman–Crippen LogP) is 0.744. The molecule has 0 bridgehead atoms. The fourth-order valence-corrected chi connectivity index (χ4v) is 1.60. The van der Waals surface area contributed by atoms with E-state index in [0.29, 0.717) is 30.2 Å². The van der Waals surface area contributed by atoms with Crippen LogP contribution in [0.15, 0.2) is 18.2 Å². The minimum Gasteiger partial charge on any atom is -0.497 e. The molecular formula is C11H14N2O3. The second-order valence-corrected chi connectivity index (χ2v) is 3.54. The summed E-state index contributed by atoms with van der Waals surface area (Å²) in [6, 6.07) is 5.29. The standard InChI is InChI=1S/C11H14N2O3/c1-15-7-2-3-9-8(6-7)13-11(14)10(16-9)4-5-12/h2-3,6,10H,4-5,12H2,1H3,(H,13,14). The number of methoxy groups -OCH3 is 1. The zero-order valence-corrected chi connectivity index (χ0v) is 9.03. The van der Waals surface area contributed by atoms with Crippen LogP contribution in [0.2, 0.25) is 0 Å². The summed E-state index contributed by atoms with van der Waals surface area (Å²) in [6.45, 7) is 0.420. The van der Waals surface area contributed by atoms with Crippen molar-refractivity contribution in [2.24, 2.45) is 5.73 Å². The Morgan fingerprint density at radius 3 is 3.06 bits per heavy atom. The van der Waals surface area contributed by atoms with Gasteiger partial charge in [-0.1, -0.05) is 0 Å². The van der Waals surface area contributed by atoms with Crippen molar-refractivity contribution in [2.75, 3.05) is 19.0 Å². The van der Waals surface area contributed by atoms with Crippen LogP contribution in [0.1, 0.15) is 6.42 Å². The third-order valence-electron chi connectivity index (χ3n) is 2.44. The first-order valence-corrected chi connectivity index (χ1v) is 5.10. The quantitative estimate of drug-likeness (QED) is 0.791. The summed E-state index contributed by atoms with van der Waals surface area (Å²) in [7, 11) is 1.57. The van der Waals surface area contributed by atoms with Gasteiger partial charge in [-0.2, -0.15) is 0 Å². The average Bonchev–Trinajstić information content (AvgIpc) is 2.30. The molecule has 1 unspecified atom stereocenters. The molecule has 16 heavy (non-hydrogen) atoms. The number of hydrogen-bond acceptors (Lipinski definition) is 4. The molecule has 1 aromatic carbocycles. The summed E-state index contributed by atoms with van der Waals surface area (Å²) in [5.74, 6) is 1.17. The second-order valence-electron chi connectivity index (χ2n) is 3.54. The number of nitrogens with one attached hydrogen (secondary N) is 1. The van der Waals surface area contributed by atoms with Gasteiger partial charge in [0.1, 0.15) is 11.5 Å². The molecule has 5 nitrogen and oxygen atoms in total. The van der Waals surface area contributed by atoms with E-state index in [1.165, 1.54) is 0 Å². The van der Waals surface area contributed by atoms with Crippen molar-refractivity contribution in [3.8, 4) is 11.5 Å². The van der Waals surface area contributed by atoms with Gasteiger partial charge in [0.15, 0.2) is 6.10 Å².